The zero-order valence-electron chi connectivity index (χ0n) is 11.9. The Morgan fingerprint density at radius 3 is 2.86 bits per heavy atom. The molecule has 1 N–H and O–H groups in total. The fraction of sp³-hybridized carbons (Fsp3) is 0.267. The third kappa shape index (κ3) is 2.23. The van der Waals surface area contributed by atoms with Crippen LogP contribution >= 0.6 is 0 Å². The van der Waals surface area contributed by atoms with Crippen molar-refractivity contribution in [3.63, 3.8) is 0 Å². The summed E-state index contributed by atoms with van der Waals surface area (Å²) in [6.45, 7) is 2.61. The Morgan fingerprint density at radius 2 is 2.10 bits per heavy atom. The molecule has 2 aromatic heterocycles. The van der Waals surface area contributed by atoms with Gasteiger partial charge in [-0.25, -0.2) is 0 Å². The second-order valence-corrected chi connectivity index (χ2v) is 4.59. The third-order valence-electron chi connectivity index (χ3n) is 3.45. The van der Waals surface area contributed by atoms with Crippen molar-refractivity contribution in [2.45, 2.75) is 19.6 Å². The van der Waals surface area contributed by atoms with Gasteiger partial charge in [-0.1, -0.05) is 12.1 Å². The number of aryl methyl sites for hydroxylation is 1. The first-order valence-electron chi connectivity index (χ1n) is 6.73. The highest BCUT2D eigenvalue weighted by molar-refractivity contribution is 5.78. The quantitative estimate of drug-likeness (QED) is 0.792. The second kappa shape index (κ2) is 5.49. The van der Waals surface area contributed by atoms with E-state index in [-0.39, 0.29) is 0 Å². The lowest BCUT2D eigenvalue weighted by Gasteiger charge is -2.15. The maximum Gasteiger partial charge on any atom is 0.163 e. The van der Waals surface area contributed by atoms with Gasteiger partial charge in [-0.05, 0) is 13.0 Å². The van der Waals surface area contributed by atoms with Crippen LogP contribution in [0.15, 0.2) is 36.8 Å². The first kappa shape index (κ1) is 13.5. The molecular formula is C15H16N4O2. The van der Waals surface area contributed by atoms with Crippen LogP contribution in [0, 0.1) is 0 Å². The summed E-state index contributed by atoms with van der Waals surface area (Å²) in [5.74, 6) is 0.560. The maximum absolute atomic E-state index is 10.8. The molecule has 1 unspecified atom stereocenters. The molecule has 3 rings (SSSR count). The van der Waals surface area contributed by atoms with E-state index < -0.39 is 6.10 Å². The number of aliphatic hydroxyl groups excluding tert-OH is 1. The molecule has 0 spiro atoms. The van der Waals surface area contributed by atoms with Crippen molar-refractivity contribution >= 4 is 11.0 Å². The van der Waals surface area contributed by atoms with Gasteiger partial charge in [0.25, 0.3) is 0 Å². The predicted molar refractivity (Wildman–Crippen MR) is 78.1 cm³/mol. The monoisotopic (exact) mass is 284 g/mol. The van der Waals surface area contributed by atoms with Crippen LogP contribution < -0.4 is 4.74 Å². The van der Waals surface area contributed by atoms with Crippen LogP contribution in [-0.4, -0.2) is 32.0 Å². The smallest absolute Gasteiger partial charge is 0.163 e. The number of hydrogen-bond acceptors (Lipinski definition) is 5. The molecule has 0 aliphatic rings. The molecule has 108 valence electrons. The number of rotatable bonds is 4. The Hall–Kier alpha value is -2.47. The summed E-state index contributed by atoms with van der Waals surface area (Å²) in [7, 11) is 1.57. The normalized spacial score (nSPS) is 12.5. The number of nitrogens with zero attached hydrogens (tertiary/aromatic N) is 4. The Morgan fingerprint density at radius 1 is 1.29 bits per heavy atom. The van der Waals surface area contributed by atoms with E-state index in [1.54, 1.807) is 30.4 Å². The minimum absolute atomic E-state index is 0.560. The van der Waals surface area contributed by atoms with E-state index in [1.165, 1.54) is 0 Å². The van der Waals surface area contributed by atoms with Gasteiger partial charge < -0.3 is 9.84 Å². The first-order valence-corrected chi connectivity index (χ1v) is 6.73. The van der Waals surface area contributed by atoms with Crippen molar-refractivity contribution in [1.82, 2.24) is 19.7 Å². The van der Waals surface area contributed by atoms with Crippen LogP contribution in [0.1, 0.15) is 24.3 Å². The SMILES string of the molecule is CCn1ncc(OC)c1C(O)c1cccc2nccnc12. The number of ether oxygens (including phenoxy) is 1. The van der Waals surface area contributed by atoms with Crippen LogP contribution in [-0.2, 0) is 6.54 Å². The zero-order chi connectivity index (χ0) is 14.8. The molecule has 3 aromatic rings. The molecule has 1 aromatic carbocycles. The predicted octanol–water partition coefficient (Wildman–Crippen LogP) is 1.94. The zero-order valence-corrected chi connectivity index (χ0v) is 11.9. The van der Waals surface area contributed by atoms with E-state index in [2.05, 4.69) is 15.1 Å². The summed E-state index contributed by atoms with van der Waals surface area (Å²) in [5, 5.41) is 15.0. The van der Waals surface area contributed by atoms with Gasteiger partial charge in [0.05, 0.1) is 24.3 Å². The van der Waals surface area contributed by atoms with Gasteiger partial charge in [0.15, 0.2) is 5.75 Å². The summed E-state index contributed by atoms with van der Waals surface area (Å²) in [6.07, 6.45) is 3.99. The van der Waals surface area contributed by atoms with Crippen LogP contribution in [0.3, 0.4) is 0 Å². The molecule has 0 aliphatic carbocycles. The lowest BCUT2D eigenvalue weighted by atomic mass is 10.0. The van der Waals surface area contributed by atoms with Gasteiger partial charge in [0.1, 0.15) is 11.8 Å². The lowest BCUT2D eigenvalue weighted by molar-refractivity contribution is 0.204. The molecule has 21 heavy (non-hydrogen) atoms. The lowest BCUT2D eigenvalue weighted by Crippen LogP contribution is -2.11. The highest BCUT2D eigenvalue weighted by atomic mass is 16.5. The Balaban J connectivity index is 2.17. The standard InChI is InChI=1S/C15H16N4O2/c1-3-19-14(12(21-2)9-18-19)15(20)10-5-4-6-11-13(10)17-8-7-16-11/h4-9,15,20H,3H2,1-2H3. The molecule has 1 atom stereocenters. The molecule has 0 fully saturated rings. The minimum Gasteiger partial charge on any atom is -0.493 e. The number of aromatic nitrogens is 4. The summed E-state index contributed by atoms with van der Waals surface area (Å²) in [6, 6.07) is 5.57. The van der Waals surface area contributed by atoms with E-state index in [9.17, 15) is 5.11 Å². The molecule has 0 radical (unpaired) electrons. The highest BCUT2D eigenvalue weighted by Crippen LogP contribution is 2.32. The van der Waals surface area contributed by atoms with Crippen molar-refractivity contribution in [2.75, 3.05) is 7.11 Å². The van der Waals surface area contributed by atoms with E-state index in [0.717, 1.165) is 5.52 Å². The van der Waals surface area contributed by atoms with Crippen molar-refractivity contribution in [2.24, 2.45) is 0 Å². The van der Waals surface area contributed by atoms with Crippen LogP contribution in [0.2, 0.25) is 0 Å². The molecule has 0 saturated heterocycles. The number of methoxy groups -OCH3 is 1. The van der Waals surface area contributed by atoms with E-state index in [0.29, 0.717) is 29.1 Å². The van der Waals surface area contributed by atoms with Gasteiger partial charge in [0, 0.05) is 24.5 Å². The number of para-hydroxylation sites is 1. The minimum atomic E-state index is -0.872. The topological polar surface area (TPSA) is 73.1 Å². The molecule has 6 nitrogen and oxygen atoms in total. The number of aliphatic hydroxyl groups is 1. The second-order valence-electron chi connectivity index (χ2n) is 4.59. The van der Waals surface area contributed by atoms with E-state index >= 15 is 0 Å². The fourth-order valence-electron chi connectivity index (χ4n) is 2.45. The molecule has 2 heterocycles. The number of hydrogen-bond donors (Lipinski definition) is 1. The van der Waals surface area contributed by atoms with Gasteiger partial charge in [-0.2, -0.15) is 5.10 Å². The van der Waals surface area contributed by atoms with Gasteiger partial charge in [-0.3, -0.25) is 14.6 Å². The molecular weight excluding hydrogens is 268 g/mol. The van der Waals surface area contributed by atoms with Crippen molar-refractivity contribution < 1.29 is 9.84 Å². The molecule has 0 saturated carbocycles. The Kier molecular flexibility index (Phi) is 3.53. The molecule has 0 bridgehead atoms. The average Bonchev–Trinajstić information content (AvgIpc) is 2.96. The van der Waals surface area contributed by atoms with Crippen molar-refractivity contribution in [3.05, 3.63) is 48.0 Å². The average molecular weight is 284 g/mol. The van der Waals surface area contributed by atoms with Crippen molar-refractivity contribution in [1.29, 1.82) is 0 Å². The number of fused-ring (bicyclic) bond motifs is 1. The van der Waals surface area contributed by atoms with E-state index in [4.69, 9.17) is 4.74 Å². The molecule has 6 heteroatoms. The van der Waals surface area contributed by atoms with Gasteiger partial charge >= 0.3 is 0 Å². The maximum atomic E-state index is 10.8. The summed E-state index contributed by atoms with van der Waals surface area (Å²) in [4.78, 5) is 8.59. The number of benzene rings is 1. The van der Waals surface area contributed by atoms with Crippen LogP contribution in [0.25, 0.3) is 11.0 Å². The Labute approximate surface area is 122 Å². The van der Waals surface area contributed by atoms with Crippen LogP contribution in [0.4, 0.5) is 0 Å². The first-order chi connectivity index (χ1) is 10.3. The van der Waals surface area contributed by atoms with E-state index in [1.807, 2.05) is 25.1 Å². The Bertz CT molecular complexity index is 742. The highest BCUT2D eigenvalue weighted by Gasteiger charge is 2.23. The van der Waals surface area contributed by atoms with Gasteiger partial charge in [-0.15, -0.1) is 0 Å². The summed E-state index contributed by atoms with van der Waals surface area (Å²) in [5.41, 5.74) is 2.74. The molecule has 0 aliphatic heterocycles. The van der Waals surface area contributed by atoms with Crippen LogP contribution in [0.5, 0.6) is 5.75 Å². The summed E-state index contributed by atoms with van der Waals surface area (Å²) >= 11 is 0. The third-order valence-corrected chi connectivity index (χ3v) is 3.45. The van der Waals surface area contributed by atoms with Gasteiger partial charge in [0.2, 0.25) is 0 Å². The fourth-order valence-corrected chi connectivity index (χ4v) is 2.45. The van der Waals surface area contributed by atoms with Crippen molar-refractivity contribution in [3.8, 4) is 5.75 Å². The largest absolute Gasteiger partial charge is 0.493 e. The summed E-state index contributed by atoms with van der Waals surface area (Å²) < 4.78 is 7.02. The molecule has 0 amide bonds.